The van der Waals surface area contributed by atoms with Gasteiger partial charge in [0.2, 0.25) is 0 Å². The zero-order valence-electron chi connectivity index (χ0n) is 16.3. The van der Waals surface area contributed by atoms with Crippen LogP contribution in [0, 0.1) is 10.1 Å². The molecule has 1 atom stereocenters. The fourth-order valence-electron chi connectivity index (χ4n) is 4.40. The van der Waals surface area contributed by atoms with Crippen molar-refractivity contribution in [3.63, 3.8) is 0 Å². The minimum Gasteiger partial charge on any atom is -0.383 e. The van der Waals surface area contributed by atoms with Crippen LogP contribution >= 0.6 is 0 Å². The number of nitro benzene ring substituents is 1. The summed E-state index contributed by atoms with van der Waals surface area (Å²) < 4.78 is 0. The van der Waals surface area contributed by atoms with Crippen LogP contribution in [0.3, 0.4) is 0 Å². The number of nitrogens with zero attached hydrogens (tertiary/aromatic N) is 2. The minimum absolute atomic E-state index is 0.0953. The van der Waals surface area contributed by atoms with Crippen molar-refractivity contribution in [3.8, 4) is 0 Å². The van der Waals surface area contributed by atoms with Crippen LogP contribution in [0.2, 0.25) is 0 Å². The number of rotatable bonds is 5. The van der Waals surface area contributed by atoms with Gasteiger partial charge in [-0.1, -0.05) is 24.3 Å². The van der Waals surface area contributed by atoms with E-state index in [4.69, 9.17) is 0 Å². The first kappa shape index (κ1) is 19.4. The molecule has 4 rings (SSSR count). The normalized spacial score (nSPS) is 20.9. The van der Waals surface area contributed by atoms with Gasteiger partial charge in [0.25, 0.3) is 11.6 Å². The molecule has 2 aromatic rings. The number of nitro groups is 1. The Morgan fingerprint density at radius 1 is 1.17 bits per heavy atom. The molecule has 2 aliphatic rings. The largest absolute Gasteiger partial charge is 0.383 e. The third-order valence-electron chi connectivity index (χ3n) is 5.96. The SMILES string of the molecule is O=C(c1cc(NCC2(O)CCCc3ccccc32)ccc1[N+](=O)[O-])N1CCCC1. The topological polar surface area (TPSA) is 95.7 Å². The van der Waals surface area contributed by atoms with Gasteiger partial charge in [0.05, 0.1) is 4.92 Å². The van der Waals surface area contributed by atoms with Crippen LogP contribution in [0.25, 0.3) is 0 Å². The van der Waals surface area contributed by atoms with Crippen molar-refractivity contribution >= 4 is 17.3 Å². The second-order valence-electron chi connectivity index (χ2n) is 7.88. The van der Waals surface area contributed by atoms with Gasteiger partial charge in [0.15, 0.2) is 0 Å². The van der Waals surface area contributed by atoms with E-state index in [1.165, 1.54) is 12.1 Å². The van der Waals surface area contributed by atoms with Gasteiger partial charge in [0, 0.05) is 31.4 Å². The number of benzene rings is 2. The summed E-state index contributed by atoms with van der Waals surface area (Å²) in [4.78, 5) is 25.4. The molecule has 2 aromatic carbocycles. The van der Waals surface area contributed by atoms with Gasteiger partial charge in [-0.05, 0) is 55.4 Å². The summed E-state index contributed by atoms with van der Waals surface area (Å²) in [5, 5.41) is 25.9. The molecular weight excluding hydrogens is 370 g/mol. The zero-order chi connectivity index (χ0) is 20.4. The number of anilines is 1. The molecule has 1 aliphatic carbocycles. The number of nitrogens with one attached hydrogen (secondary N) is 1. The number of aliphatic hydroxyl groups is 1. The summed E-state index contributed by atoms with van der Waals surface area (Å²) in [6.07, 6.45) is 4.33. The fraction of sp³-hybridized carbons (Fsp3) is 0.409. The number of hydrogen-bond donors (Lipinski definition) is 2. The Kier molecular flexibility index (Phi) is 5.24. The average Bonchev–Trinajstić information content (AvgIpc) is 3.27. The lowest BCUT2D eigenvalue weighted by molar-refractivity contribution is -0.385. The summed E-state index contributed by atoms with van der Waals surface area (Å²) in [5.41, 5.74) is 1.57. The number of aryl methyl sites for hydroxylation is 1. The third kappa shape index (κ3) is 3.82. The Morgan fingerprint density at radius 3 is 2.69 bits per heavy atom. The van der Waals surface area contributed by atoms with Gasteiger partial charge in [0.1, 0.15) is 11.2 Å². The van der Waals surface area contributed by atoms with Gasteiger partial charge < -0.3 is 15.3 Å². The van der Waals surface area contributed by atoms with Crippen molar-refractivity contribution in [3.05, 3.63) is 69.3 Å². The summed E-state index contributed by atoms with van der Waals surface area (Å²) in [6, 6.07) is 12.4. The van der Waals surface area contributed by atoms with E-state index in [0.29, 0.717) is 25.2 Å². The monoisotopic (exact) mass is 395 g/mol. The number of carbonyl (C=O) groups is 1. The molecule has 1 saturated heterocycles. The minimum atomic E-state index is -1.00. The van der Waals surface area contributed by atoms with Crippen LogP contribution in [-0.2, 0) is 12.0 Å². The lowest BCUT2D eigenvalue weighted by Crippen LogP contribution is -2.37. The van der Waals surface area contributed by atoms with E-state index in [0.717, 1.165) is 36.8 Å². The van der Waals surface area contributed by atoms with Crippen LogP contribution in [0.5, 0.6) is 0 Å². The molecule has 29 heavy (non-hydrogen) atoms. The molecule has 7 nitrogen and oxygen atoms in total. The van der Waals surface area contributed by atoms with Crippen molar-refractivity contribution in [1.29, 1.82) is 0 Å². The van der Waals surface area contributed by atoms with Crippen molar-refractivity contribution in [1.82, 2.24) is 4.90 Å². The lowest BCUT2D eigenvalue weighted by Gasteiger charge is -2.35. The molecule has 2 N–H and O–H groups in total. The number of carbonyl (C=O) groups excluding carboxylic acids is 1. The van der Waals surface area contributed by atoms with E-state index >= 15 is 0 Å². The third-order valence-corrected chi connectivity index (χ3v) is 5.96. The second-order valence-corrected chi connectivity index (χ2v) is 7.88. The van der Waals surface area contributed by atoms with Crippen molar-refractivity contribution in [2.45, 2.75) is 37.7 Å². The van der Waals surface area contributed by atoms with Crippen molar-refractivity contribution < 1.29 is 14.8 Å². The van der Waals surface area contributed by atoms with Crippen LogP contribution in [-0.4, -0.2) is 40.5 Å². The number of likely N-dealkylation sites (tertiary alicyclic amines) is 1. The van der Waals surface area contributed by atoms with Crippen molar-refractivity contribution in [2.24, 2.45) is 0 Å². The number of fused-ring (bicyclic) bond motifs is 1. The zero-order valence-corrected chi connectivity index (χ0v) is 16.3. The van der Waals surface area contributed by atoms with Gasteiger partial charge >= 0.3 is 0 Å². The van der Waals surface area contributed by atoms with E-state index in [9.17, 15) is 20.0 Å². The molecule has 1 aliphatic heterocycles. The van der Waals surface area contributed by atoms with Gasteiger partial charge in [-0.15, -0.1) is 0 Å². The summed E-state index contributed by atoms with van der Waals surface area (Å²) in [6.45, 7) is 1.54. The molecule has 1 unspecified atom stereocenters. The van der Waals surface area contributed by atoms with Crippen LogP contribution in [0.15, 0.2) is 42.5 Å². The van der Waals surface area contributed by atoms with E-state index in [1.54, 1.807) is 11.0 Å². The molecule has 1 heterocycles. The van der Waals surface area contributed by atoms with E-state index < -0.39 is 10.5 Å². The Hall–Kier alpha value is -2.93. The van der Waals surface area contributed by atoms with E-state index in [1.807, 2.05) is 24.3 Å². The maximum absolute atomic E-state index is 12.8. The molecule has 7 heteroatoms. The van der Waals surface area contributed by atoms with Crippen LogP contribution in [0.1, 0.15) is 47.2 Å². The second kappa shape index (κ2) is 7.83. The van der Waals surface area contributed by atoms with Crippen molar-refractivity contribution in [2.75, 3.05) is 25.0 Å². The Labute approximate surface area is 169 Å². The molecule has 152 valence electrons. The summed E-state index contributed by atoms with van der Waals surface area (Å²) >= 11 is 0. The molecule has 0 spiro atoms. The predicted octanol–water partition coefficient (Wildman–Crippen LogP) is 3.47. The molecule has 1 fully saturated rings. The Morgan fingerprint density at radius 2 is 1.93 bits per heavy atom. The van der Waals surface area contributed by atoms with Gasteiger partial charge in [-0.2, -0.15) is 0 Å². The van der Waals surface area contributed by atoms with Gasteiger partial charge in [-0.25, -0.2) is 0 Å². The van der Waals surface area contributed by atoms with E-state index in [2.05, 4.69) is 5.32 Å². The molecule has 0 radical (unpaired) electrons. The first-order chi connectivity index (χ1) is 14.0. The highest BCUT2D eigenvalue weighted by Gasteiger charge is 2.34. The smallest absolute Gasteiger partial charge is 0.282 e. The van der Waals surface area contributed by atoms with E-state index in [-0.39, 0.29) is 23.7 Å². The number of amides is 1. The predicted molar refractivity (Wildman–Crippen MR) is 110 cm³/mol. The first-order valence-electron chi connectivity index (χ1n) is 10.1. The summed E-state index contributed by atoms with van der Waals surface area (Å²) in [7, 11) is 0. The molecule has 0 bridgehead atoms. The molecular formula is C22H25N3O4. The standard InChI is InChI=1S/C22H25N3O4/c26-21(24-12-3-4-13-24)18-14-17(9-10-20(18)25(28)29)23-15-22(27)11-5-7-16-6-1-2-8-19(16)22/h1-2,6,8-10,14,23,27H,3-5,7,11-13,15H2. The highest BCUT2D eigenvalue weighted by Crippen LogP contribution is 2.35. The average molecular weight is 395 g/mol. The quantitative estimate of drug-likeness (QED) is 0.597. The van der Waals surface area contributed by atoms with Gasteiger partial charge in [-0.3, -0.25) is 14.9 Å². The number of hydrogen-bond acceptors (Lipinski definition) is 5. The highest BCUT2D eigenvalue weighted by atomic mass is 16.6. The highest BCUT2D eigenvalue weighted by molar-refractivity contribution is 5.99. The maximum atomic E-state index is 12.8. The van der Waals surface area contributed by atoms with Crippen LogP contribution < -0.4 is 5.32 Å². The Bertz CT molecular complexity index is 939. The maximum Gasteiger partial charge on any atom is 0.282 e. The summed E-state index contributed by atoms with van der Waals surface area (Å²) in [5.74, 6) is -0.306. The van der Waals surface area contributed by atoms with Crippen LogP contribution in [0.4, 0.5) is 11.4 Å². The molecule has 1 amide bonds. The first-order valence-corrected chi connectivity index (χ1v) is 10.1. The lowest BCUT2D eigenvalue weighted by atomic mass is 9.79. The Balaban J connectivity index is 1.57. The molecule has 0 aromatic heterocycles. The molecule has 0 saturated carbocycles. The fourth-order valence-corrected chi connectivity index (χ4v) is 4.40.